The normalized spacial score (nSPS) is 15.2. The summed E-state index contributed by atoms with van der Waals surface area (Å²) in [5, 5.41) is 0. The lowest BCUT2D eigenvalue weighted by Crippen LogP contribution is -2.39. The Morgan fingerprint density at radius 3 is 0.897 bits per heavy atom. The van der Waals surface area contributed by atoms with Crippen molar-refractivity contribution in [3.05, 3.63) is 12.4 Å². The smallest absolute Gasteiger partial charge is 0.101 e. The van der Waals surface area contributed by atoms with Crippen LogP contribution in [0.5, 0.6) is 0 Å². The highest BCUT2D eigenvalue weighted by atomic mass is 15.4. The highest BCUT2D eigenvalue weighted by Crippen LogP contribution is 2.24. The van der Waals surface area contributed by atoms with Crippen molar-refractivity contribution < 1.29 is 0 Å². The summed E-state index contributed by atoms with van der Waals surface area (Å²) < 4.78 is 0. The van der Waals surface area contributed by atoms with Gasteiger partial charge in [0, 0.05) is 25.5 Å². The number of unbranched alkanes of at least 4 members (excludes halogenated alkanes) is 25. The first-order valence-electron chi connectivity index (χ1n) is 18.5. The molecule has 0 saturated carbocycles. The summed E-state index contributed by atoms with van der Waals surface area (Å²) in [5.41, 5.74) is 0. The fourth-order valence-corrected chi connectivity index (χ4v) is 6.36. The zero-order chi connectivity index (χ0) is 28.1. The maximum absolute atomic E-state index is 2.70. The van der Waals surface area contributed by atoms with Gasteiger partial charge in [-0.2, -0.15) is 0 Å². The highest BCUT2D eigenvalue weighted by molar-refractivity contribution is 4.97. The average Bonchev–Trinajstić information content (AvgIpc) is 3.33. The van der Waals surface area contributed by atoms with Gasteiger partial charge in [0.05, 0.1) is 0 Å². The molecule has 0 aliphatic carbocycles. The fourth-order valence-electron chi connectivity index (χ4n) is 6.36. The van der Waals surface area contributed by atoms with Gasteiger partial charge in [-0.15, -0.1) is 0 Å². The van der Waals surface area contributed by atoms with E-state index < -0.39 is 0 Å². The first-order chi connectivity index (χ1) is 19.3. The summed E-state index contributed by atoms with van der Waals surface area (Å²) in [6.45, 7) is 9.47. The molecule has 1 unspecified atom stereocenters. The van der Waals surface area contributed by atoms with Crippen LogP contribution < -0.4 is 0 Å². The van der Waals surface area contributed by atoms with Crippen molar-refractivity contribution >= 4 is 0 Å². The maximum atomic E-state index is 2.70. The number of nitrogens with zero attached hydrogens (tertiary/aromatic N) is 2. The summed E-state index contributed by atoms with van der Waals surface area (Å²) in [6, 6.07) is 0. The standard InChI is InChI=1S/C37H74N2/c1-4-7-10-13-15-17-18-19-20-21-22-23-25-28-31-34-39-36-35-38(33-30-27-12-9-6-3)37(39)32-29-26-24-16-14-11-8-5-2/h35-37H,4-34H2,1-3H3. The molecule has 0 bridgehead atoms. The molecular weight excluding hydrogens is 472 g/mol. The van der Waals surface area contributed by atoms with Gasteiger partial charge in [-0.25, -0.2) is 0 Å². The second-order valence-corrected chi connectivity index (χ2v) is 12.9. The van der Waals surface area contributed by atoms with Gasteiger partial charge >= 0.3 is 0 Å². The zero-order valence-electron chi connectivity index (χ0n) is 27.5. The molecule has 0 N–H and O–H groups in total. The molecule has 1 rings (SSSR count). The summed E-state index contributed by atoms with van der Waals surface area (Å²) in [6.07, 6.45) is 47.0. The van der Waals surface area contributed by atoms with Crippen LogP contribution in [0.15, 0.2) is 12.4 Å². The number of hydrogen-bond donors (Lipinski definition) is 0. The van der Waals surface area contributed by atoms with Crippen LogP contribution in [-0.2, 0) is 0 Å². The van der Waals surface area contributed by atoms with Gasteiger partial charge in [-0.1, -0.05) is 181 Å². The molecule has 232 valence electrons. The van der Waals surface area contributed by atoms with Gasteiger partial charge in [-0.3, -0.25) is 0 Å². The van der Waals surface area contributed by atoms with Gasteiger partial charge in [0.15, 0.2) is 0 Å². The molecule has 1 aliphatic rings. The van der Waals surface area contributed by atoms with Gasteiger partial charge in [0.25, 0.3) is 0 Å². The van der Waals surface area contributed by atoms with Crippen LogP contribution in [0.3, 0.4) is 0 Å². The Morgan fingerprint density at radius 1 is 0.333 bits per heavy atom. The van der Waals surface area contributed by atoms with Crippen molar-refractivity contribution in [3.8, 4) is 0 Å². The van der Waals surface area contributed by atoms with E-state index in [1.54, 1.807) is 0 Å². The first-order valence-corrected chi connectivity index (χ1v) is 18.5. The molecule has 0 aromatic heterocycles. The molecular formula is C37H74N2. The SMILES string of the molecule is CCCCCCCCCCCCCCCCCN1C=CN(CCCCCCC)C1CCCCCCCCCC. The van der Waals surface area contributed by atoms with E-state index in [0.29, 0.717) is 6.17 Å². The number of rotatable bonds is 31. The molecule has 0 fully saturated rings. The fraction of sp³-hybridized carbons (Fsp3) is 0.946. The molecule has 0 aromatic carbocycles. The lowest BCUT2D eigenvalue weighted by atomic mass is 10.0. The molecule has 0 aromatic rings. The number of hydrogen-bond acceptors (Lipinski definition) is 2. The Morgan fingerprint density at radius 2 is 0.590 bits per heavy atom. The van der Waals surface area contributed by atoms with E-state index in [0.717, 1.165) is 0 Å². The van der Waals surface area contributed by atoms with E-state index in [2.05, 4.69) is 43.0 Å². The van der Waals surface area contributed by atoms with E-state index in [-0.39, 0.29) is 0 Å². The van der Waals surface area contributed by atoms with E-state index in [4.69, 9.17) is 0 Å². The van der Waals surface area contributed by atoms with E-state index in [1.807, 2.05) is 0 Å². The third kappa shape index (κ3) is 21.7. The Kier molecular flexibility index (Phi) is 26.9. The second-order valence-electron chi connectivity index (χ2n) is 12.9. The van der Waals surface area contributed by atoms with Crippen LogP contribution >= 0.6 is 0 Å². The third-order valence-electron chi connectivity index (χ3n) is 9.07. The van der Waals surface area contributed by atoms with Crippen LogP contribution in [0.1, 0.15) is 207 Å². The van der Waals surface area contributed by atoms with E-state index in [9.17, 15) is 0 Å². The van der Waals surface area contributed by atoms with E-state index >= 15 is 0 Å². The Hall–Kier alpha value is -0.660. The van der Waals surface area contributed by atoms with Crippen molar-refractivity contribution in [1.29, 1.82) is 0 Å². The third-order valence-corrected chi connectivity index (χ3v) is 9.07. The predicted octanol–water partition coefficient (Wildman–Crippen LogP) is 12.8. The molecule has 1 aliphatic heterocycles. The largest absolute Gasteiger partial charge is 0.356 e. The quantitative estimate of drug-likeness (QED) is 0.0798. The summed E-state index contributed by atoms with van der Waals surface area (Å²) in [5.74, 6) is 0. The lowest BCUT2D eigenvalue weighted by molar-refractivity contribution is 0.135. The minimum absolute atomic E-state index is 0.642. The molecule has 0 spiro atoms. The molecule has 2 heteroatoms. The minimum Gasteiger partial charge on any atom is -0.356 e. The predicted molar refractivity (Wildman–Crippen MR) is 177 cm³/mol. The van der Waals surface area contributed by atoms with Crippen molar-refractivity contribution in [3.63, 3.8) is 0 Å². The monoisotopic (exact) mass is 547 g/mol. The van der Waals surface area contributed by atoms with Gasteiger partial charge in [0.1, 0.15) is 6.17 Å². The molecule has 2 nitrogen and oxygen atoms in total. The summed E-state index contributed by atoms with van der Waals surface area (Å²) >= 11 is 0. The average molecular weight is 547 g/mol. The summed E-state index contributed by atoms with van der Waals surface area (Å²) in [7, 11) is 0. The molecule has 0 saturated heterocycles. The Labute approximate surface area is 248 Å². The Balaban J connectivity index is 2.13. The summed E-state index contributed by atoms with van der Waals surface area (Å²) in [4.78, 5) is 5.40. The van der Waals surface area contributed by atoms with Crippen molar-refractivity contribution in [1.82, 2.24) is 9.80 Å². The lowest BCUT2D eigenvalue weighted by Gasteiger charge is -2.33. The highest BCUT2D eigenvalue weighted by Gasteiger charge is 2.24. The van der Waals surface area contributed by atoms with Crippen LogP contribution in [0.2, 0.25) is 0 Å². The van der Waals surface area contributed by atoms with E-state index in [1.165, 1.54) is 199 Å². The molecule has 0 radical (unpaired) electrons. The van der Waals surface area contributed by atoms with Crippen molar-refractivity contribution in [2.75, 3.05) is 13.1 Å². The van der Waals surface area contributed by atoms with Crippen molar-refractivity contribution in [2.45, 2.75) is 213 Å². The van der Waals surface area contributed by atoms with Crippen LogP contribution in [-0.4, -0.2) is 29.1 Å². The van der Waals surface area contributed by atoms with Gasteiger partial charge < -0.3 is 9.80 Å². The Bertz CT molecular complexity index is 502. The molecule has 1 atom stereocenters. The van der Waals surface area contributed by atoms with Crippen molar-refractivity contribution in [2.24, 2.45) is 0 Å². The minimum atomic E-state index is 0.642. The molecule has 0 amide bonds. The van der Waals surface area contributed by atoms with Gasteiger partial charge in [-0.05, 0) is 25.7 Å². The van der Waals surface area contributed by atoms with Crippen LogP contribution in [0.25, 0.3) is 0 Å². The zero-order valence-corrected chi connectivity index (χ0v) is 27.5. The van der Waals surface area contributed by atoms with Crippen LogP contribution in [0.4, 0.5) is 0 Å². The molecule has 39 heavy (non-hydrogen) atoms. The topological polar surface area (TPSA) is 6.48 Å². The second kappa shape index (κ2) is 28.9. The maximum Gasteiger partial charge on any atom is 0.101 e. The first kappa shape index (κ1) is 36.4. The molecule has 1 heterocycles. The van der Waals surface area contributed by atoms with Gasteiger partial charge in [0.2, 0.25) is 0 Å². The van der Waals surface area contributed by atoms with Crippen LogP contribution in [0, 0.1) is 0 Å².